The second-order valence-electron chi connectivity index (χ2n) is 9.25. The number of aromatic nitrogens is 4. The van der Waals surface area contributed by atoms with Crippen LogP contribution in [0.5, 0.6) is 0 Å². The monoisotopic (exact) mass is 555 g/mol. The Balaban J connectivity index is 1.23. The van der Waals surface area contributed by atoms with Crippen molar-refractivity contribution in [3.63, 3.8) is 0 Å². The number of urea groups is 1. The predicted molar refractivity (Wildman–Crippen MR) is 149 cm³/mol. The van der Waals surface area contributed by atoms with Crippen LogP contribution in [0.4, 0.5) is 16.3 Å². The molecular formula is C28H26BrN7O. The Morgan fingerprint density at radius 3 is 2.86 bits per heavy atom. The lowest BCUT2D eigenvalue weighted by Gasteiger charge is -2.32. The SMILES string of the molecule is O=C(Nc1cccc2ccccc12)N1CCCC(c2cc(NCc3cccnc3)n3ncc(Br)c3n2)C1. The summed E-state index contributed by atoms with van der Waals surface area (Å²) in [5.41, 5.74) is 3.61. The van der Waals surface area contributed by atoms with Crippen molar-refractivity contribution in [3.8, 4) is 0 Å². The summed E-state index contributed by atoms with van der Waals surface area (Å²) in [6, 6.07) is 20.0. The number of likely N-dealkylation sites (tertiary alicyclic amines) is 1. The van der Waals surface area contributed by atoms with E-state index in [4.69, 9.17) is 4.98 Å². The Morgan fingerprint density at radius 2 is 1.97 bits per heavy atom. The number of benzene rings is 2. The minimum atomic E-state index is -0.0809. The lowest BCUT2D eigenvalue weighted by atomic mass is 9.94. The van der Waals surface area contributed by atoms with Gasteiger partial charge in [-0.05, 0) is 51.9 Å². The molecule has 2 N–H and O–H groups in total. The van der Waals surface area contributed by atoms with Gasteiger partial charge in [0.05, 0.1) is 22.1 Å². The molecule has 0 radical (unpaired) electrons. The Morgan fingerprint density at radius 1 is 1.08 bits per heavy atom. The second-order valence-corrected chi connectivity index (χ2v) is 10.1. The number of piperidine rings is 1. The van der Waals surface area contributed by atoms with Crippen LogP contribution in [0, 0.1) is 0 Å². The van der Waals surface area contributed by atoms with Gasteiger partial charge in [-0.25, -0.2) is 9.78 Å². The minimum Gasteiger partial charge on any atom is -0.366 e. The van der Waals surface area contributed by atoms with Crippen LogP contribution in [-0.2, 0) is 6.54 Å². The molecule has 1 fully saturated rings. The van der Waals surface area contributed by atoms with E-state index in [0.29, 0.717) is 13.1 Å². The van der Waals surface area contributed by atoms with Crippen LogP contribution in [0.3, 0.4) is 0 Å². The number of halogens is 1. The number of fused-ring (bicyclic) bond motifs is 2. The van der Waals surface area contributed by atoms with Gasteiger partial charge in [0.1, 0.15) is 5.82 Å². The number of hydrogen-bond donors (Lipinski definition) is 2. The average Bonchev–Trinajstić information content (AvgIpc) is 3.33. The second kappa shape index (κ2) is 10.2. The van der Waals surface area contributed by atoms with Crippen LogP contribution < -0.4 is 10.6 Å². The zero-order valence-corrected chi connectivity index (χ0v) is 21.7. The van der Waals surface area contributed by atoms with E-state index in [1.54, 1.807) is 16.9 Å². The largest absolute Gasteiger partial charge is 0.366 e. The van der Waals surface area contributed by atoms with Crippen LogP contribution in [0.1, 0.15) is 30.0 Å². The van der Waals surface area contributed by atoms with E-state index in [-0.39, 0.29) is 11.9 Å². The zero-order chi connectivity index (χ0) is 25.2. The standard InChI is InChI=1S/C28H26BrN7O/c29-23-17-32-36-26(31-16-19-6-4-12-30-15-19)14-25(33-27(23)36)21-9-5-13-35(18-21)28(37)34-24-11-3-8-20-7-1-2-10-22(20)24/h1-4,6-8,10-12,14-15,17,21,31H,5,9,13,16,18H2,(H,34,37). The molecule has 1 aliphatic rings. The molecule has 0 bridgehead atoms. The maximum Gasteiger partial charge on any atom is 0.321 e. The number of nitrogens with one attached hydrogen (secondary N) is 2. The smallest absolute Gasteiger partial charge is 0.321 e. The molecule has 1 saturated heterocycles. The van der Waals surface area contributed by atoms with Gasteiger partial charge >= 0.3 is 6.03 Å². The molecule has 37 heavy (non-hydrogen) atoms. The highest BCUT2D eigenvalue weighted by Gasteiger charge is 2.27. The van der Waals surface area contributed by atoms with Gasteiger partial charge in [-0.15, -0.1) is 0 Å². The highest BCUT2D eigenvalue weighted by atomic mass is 79.9. The van der Waals surface area contributed by atoms with E-state index in [0.717, 1.165) is 63.0 Å². The third kappa shape index (κ3) is 4.86. The summed E-state index contributed by atoms with van der Waals surface area (Å²) in [6.45, 7) is 1.94. The normalized spacial score (nSPS) is 15.7. The number of hydrogen-bond acceptors (Lipinski definition) is 5. The fourth-order valence-electron chi connectivity index (χ4n) is 4.92. The van der Waals surface area contributed by atoms with Gasteiger partial charge in [-0.1, -0.05) is 42.5 Å². The maximum absolute atomic E-state index is 13.3. The molecule has 1 atom stereocenters. The first-order chi connectivity index (χ1) is 18.2. The third-order valence-electron chi connectivity index (χ3n) is 6.80. The van der Waals surface area contributed by atoms with Gasteiger partial charge in [0.25, 0.3) is 0 Å². The fraction of sp³-hybridized carbons (Fsp3) is 0.214. The molecule has 3 aromatic heterocycles. The van der Waals surface area contributed by atoms with E-state index in [1.807, 2.05) is 53.6 Å². The van der Waals surface area contributed by atoms with Crippen molar-refractivity contribution in [1.29, 1.82) is 0 Å². The molecule has 5 aromatic rings. The summed E-state index contributed by atoms with van der Waals surface area (Å²) in [4.78, 5) is 24.3. The minimum absolute atomic E-state index is 0.0809. The predicted octanol–water partition coefficient (Wildman–Crippen LogP) is 6.06. The van der Waals surface area contributed by atoms with Gasteiger partial charge in [-0.3, -0.25) is 4.98 Å². The van der Waals surface area contributed by atoms with Crippen molar-refractivity contribution in [3.05, 3.63) is 95.0 Å². The van der Waals surface area contributed by atoms with Gasteiger partial charge in [-0.2, -0.15) is 9.61 Å². The summed E-state index contributed by atoms with van der Waals surface area (Å²) in [5.74, 6) is 0.977. The van der Waals surface area contributed by atoms with E-state index in [9.17, 15) is 4.79 Å². The Bertz CT molecular complexity index is 1560. The molecule has 0 saturated carbocycles. The molecule has 0 spiro atoms. The van der Waals surface area contributed by atoms with Crippen LogP contribution in [0.25, 0.3) is 16.4 Å². The molecule has 0 aliphatic carbocycles. The number of amides is 2. The van der Waals surface area contributed by atoms with Crippen LogP contribution in [0.15, 0.2) is 83.7 Å². The average molecular weight is 556 g/mol. The van der Waals surface area contributed by atoms with Crippen molar-refractivity contribution in [2.24, 2.45) is 0 Å². The fourth-order valence-corrected chi connectivity index (χ4v) is 5.27. The molecule has 1 aliphatic heterocycles. The molecule has 9 heteroatoms. The number of nitrogens with zero attached hydrogens (tertiary/aromatic N) is 5. The summed E-state index contributed by atoms with van der Waals surface area (Å²) in [6.07, 6.45) is 7.25. The molecule has 2 aromatic carbocycles. The van der Waals surface area contributed by atoms with Crippen molar-refractivity contribution in [1.82, 2.24) is 24.5 Å². The maximum atomic E-state index is 13.3. The molecule has 1 unspecified atom stereocenters. The quantitative estimate of drug-likeness (QED) is 0.275. The zero-order valence-electron chi connectivity index (χ0n) is 20.1. The molecule has 8 nitrogen and oxygen atoms in total. The molecule has 2 amide bonds. The molecule has 4 heterocycles. The molecule has 6 rings (SSSR count). The highest BCUT2D eigenvalue weighted by molar-refractivity contribution is 9.10. The van der Waals surface area contributed by atoms with Gasteiger partial charge in [0.15, 0.2) is 5.65 Å². The molecule has 186 valence electrons. The number of carbonyl (C=O) groups excluding carboxylic acids is 1. The first-order valence-corrected chi connectivity index (χ1v) is 13.2. The van der Waals surface area contributed by atoms with Crippen molar-refractivity contribution in [2.75, 3.05) is 23.7 Å². The first kappa shape index (κ1) is 23.4. The van der Waals surface area contributed by atoms with Crippen molar-refractivity contribution < 1.29 is 4.79 Å². The van der Waals surface area contributed by atoms with Crippen molar-refractivity contribution >= 4 is 49.9 Å². The lowest BCUT2D eigenvalue weighted by molar-refractivity contribution is 0.192. The number of rotatable bonds is 5. The summed E-state index contributed by atoms with van der Waals surface area (Å²) < 4.78 is 2.64. The number of anilines is 2. The van der Waals surface area contributed by atoms with Crippen LogP contribution in [0.2, 0.25) is 0 Å². The van der Waals surface area contributed by atoms with E-state index in [2.05, 4.69) is 54.8 Å². The topological polar surface area (TPSA) is 87.5 Å². The number of carbonyl (C=O) groups is 1. The highest BCUT2D eigenvalue weighted by Crippen LogP contribution is 2.31. The molecular weight excluding hydrogens is 530 g/mol. The van der Waals surface area contributed by atoms with Gasteiger partial charge < -0.3 is 15.5 Å². The Labute approximate surface area is 222 Å². The summed E-state index contributed by atoms with van der Waals surface area (Å²) in [5, 5.41) is 13.3. The lowest BCUT2D eigenvalue weighted by Crippen LogP contribution is -2.41. The Hall–Kier alpha value is -3.98. The van der Waals surface area contributed by atoms with Crippen molar-refractivity contribution in [2.45, 2.75) is 25.3 Å². The van der Waals surface area contributed by atoms with E-state index >= 15 is 0 Å². The Kier molecular flexibility index (Phi) is 6.44. The van der Waals surface area contributed by atoms with E-state index in [1.165, 1.54) is 0 Å². The van der Waals surface area contributed by atoms with Crippen LogP contribution in [-0.4, -0.2) is 43.6 Å². The van der Waals surface area contributed by atoms with E-state index < -0.39 is 0 Å². The van der Waals surface area contributed by atoms with Crippen LogP contribution >= 0.6 is 15.9 Å². The number of pyridine rings is 1. The first-order valence-electron chi connectivity index (χ1n) is 12.4. The summed E-state index contributed by atoms with van der Waals surface area (Å²) in [7, 11) is 0. The summed E-state index contributed by atoms with van der Waals surface area (Å²) >= 11 is 3.59. The van der Waals surface area contributed by atoms with Gasteiger partial charge in [0, 0.05) is 49.4 Å². The third-order valence-corrected chi connectivity index (χ3v) is 7.36. The van der Waals surface area contributed by atoms with Gasteiger partial charge in [0.2, 0.25) is 0 Å².